The second-order valence-electron chi connectivity index (χ2n) is 8.33. The van der Waals surface area contributed by atoms with Gasteiger partial charge in [-0.15, -0.1) is 0 Å². The van der Waals surface area contributed by atoms with Gasteiger partial charge in [-0.25, -0.2) is 13.8 Å². The summed E-state index contributed by atoms with van der Waals surface area (Å²) in [6, 6.07) is 7.01. The number of halogens is 2. The fourth-order valence-electron chi connectivity index (χ4n) is 5.25. The average molecular weight is 428 g/mol. The van der Waals surface area contributed by atoms with Gasteiger partial charge in [0.15, 0.2) is 11.6 Å². The summed E-state index contributed by atoms with van der Waals surface area (Å²) in [6.45, 7) is 1.27. The van der Waals surface area contributed by atoms with Crippen molar-refractivity contribution < 1.29 is 23.1 Å². The zero-order chi connectivity index (χ0) is 21.8. The smallest absolute Gasteiger partial charge is 0.232 e. The third-order valence-corrected chi connectivity index (χ3v) is 6.58. The lowest BCUT2D eigenvalue weighted by Crippen LogP contribution is -2.43. The van der Waals surface area contributed by atoms with Crippen molar-refractivity contribution in [1.82, 2.24) is 9.88 Å². The normalized spacial score (nSPS) is 28.8. The van der Waals surface area contributed by atoms with Crippen LogP contribution in [0.2, 0.25) is 0 Å². The lowest BCUT2D eigenvalue weighted by atomic mass is 9.73. The first-order valence-corrected chi connectivity index (χ1v) is 10.3. The summed E-state index contributed by atoms with van der Waals surface area (Å²) in [4.78, 5) is 31.9. The van der Waals surface area contributed by atoms with E-state index in [1.165, 1.54) is 24.4 Å². The average Bonchev–Trinajstić information content (AvgIpc) is 3.39. The topological polar surface area (TPSA) is 97.5 Å². The molecular weight excluding hydrogens is 406 g/mol. The van der Waals surface area contributed by atoms with Crippen molar-refractivity contribution in [2.24, 2.45) is 17.6 Å². The summed E-state index contributed by atoms with van der Waals surface area (Å²) in [6.07, 6.45) is 2.56. The monoisotopic (exact) mass is 428 g/mol. The van der Waals surface area contributed by atoms with Crippen LogP contribution in [0.4, 0.5) is 14.6 Å². The molecule has 3 saturated heterocycles. The number of nitrogens with two attached hydrogens (primary N) is 1. The van der Waals surface area contributed by atoms with E-state index in [1.54, 1.807) is 11.0 Å². The van der Waals surface area contributed by atoms with E-state index in [1.807, 2.05) is 0 Å². The first-order valence-electron chi connectivity index (χ1n) is 10.3. The molecule has 7 nitrogen and oxygen atoms in total. The summed E-state index contributed by atoms with van der Waals surface area (Å²) in [5.74, 6) is -3.14. The van der Waals surface area contributed by atoms with Gasteiger partial charge in [0.25, 0.3) is 0 Å². The number of pyridine rings is 1. The highest BCUT2D eigenvalue weighted by atomic mass is 19.2. The van der Waals surface area contributed by atoms with Crippen molar-refractivity contribution in [3.8, 4) is 11.1 Å². The zero-order valence-electron chi connectivity index (χ0n) is 16.7. The molecule has 0 saturated carbocycles. The number of carbonyl (C=O) groups excluding carboxylic acids is 2. The summed E-state index contributed by atoms with van der Waals surface area (Å²) >= 11 is 0. The Kier molecular flexibility index (Phi) is 4.75. The number of fused-ring (bicyclic) bond motifs is 1. The highest BCUT2D eigenvalue weighted by molar-refractivity contribution is 5.98. The molecular formula is C22H22F2N4O3. The van der Waals surface area contributed by atoms with Gasteiger partial charge >= 0.3 is 0 Å². The van der Waals surface area contributed by atoms with Crippen molar-refractivity contribution in [3.05, 3.63) is 48.2 Å². The molecule has 162 valence electrons. The van der Waals surface area contributed by atoms with Crippen LogP contribution in [0.3, 0.4) is 0 Å². The Morgan fingerprint density at radius 1 is 1.32 bits per heavy atom. The summed E-state index contributed by atoms with van der Waals surface area (Å²) < 4.78 is 33.6. The largest absolute Gasteiger partial charge is 0.368 e. The van der Waals surface area contributed by atoms with Gasteiger partial charge in [0.05, 0.1) is 30.1 Å². The molecule has 4 atom stereocenters. The SMILES string of the molecule is NCCN1C[C@]23CC[C@H](O2)[C@H](C(=O)Nc2ccc(-c4cccc(F)c4F)cn2)[C@@H]3C1=O. The minimum atomic E-state index is -0.952. The predicted molar refractivity (Wildman–Crippen MR) is 108 cm³/mol. The van der Waals surface area contributed by atoms with Gasteiger partial charge in [-0.05, 0) is 31.0 Å². The Hall–Kier alpha value is -2.91. The van der Waals surface area contributed by atoms with Crippen LogP contribution < -0.4 is 11.1 Å². The molecule has 2 amide bonds. The molecule has 3 N–H and O–H groups in total. The second kappa shape index (κ2) is 7.35. The maximum absolute atomic E-state index is 14.0. The zero-order valence-corrected chi connectivity index (χ0v) is 16.7. The molecule has 3 aliphatic heterocycles. The van der Waals surface area contributed by atoms with Crippen molar-refractivity contribution in [1.29, 1.82) is 0 Å². The minimum absolute atomic E-state index is 0.0855. The Morgan fingerprint density at radius 2 is 2.16 bits per heavy atom. The lowest BCUT2D eigenvalue weighted by molar-refractivity contribution is -0.136. The number of anilines is 1. The van der Waals surface area contributed by atoms with Gasteiger partial charge < -0.3 is 20.7 Å². The summed E-state index contributed by atoms with van der Waals surface area (Å²) in [5.41, 5.74) is 5.49. The molecule has 0 aliphatic carbocycles. The van der Waals surface area contributed by atoms with E-state index in [2.05, 4.69) is 10.3 Å². The second-order valence-corrected chi connectivity index (χ2v) is 8.33. The number of carbonyl (C=O) groups is 2. The molecule has 2 bridgehead atoms. The molecule has 5 rings (SSSR count). The number of hydrogen-bond acceptors (Lipinski definition) is 5. The summed E-state index contributed by atoms with van der Waals surface area (Å²) in [5, 5.41) is 2.76. The molecule has 9 heteroatoms. The van der Waals surface area contributed by atoms with Crippen LogP contribution in [0.5, 0.6) is 0 Å². The number of rotatable bonds is 5. The van der Waals surface area contributed by atoms with Gasteiger partial charge in [-0.1, -0.05) is 12.1 Å². The van der Waals surface area contributed by atoms with Crippen LogP contribution in [0.25, 0.3) is 11.1 Å². The van der Waals surface area contributed by atoms with Gasteiger partial charge in [0, 0.05) is 30.4 Å². The molecule has 31 heavy (non-hydrogen) atoms. The van der Waals surface area contributed by atoms with Crippen molar-refractivity contribution in [2.75, 3.05) is 25.0 Å². The van der Waals surface area contributed by atoms with E-state index in [9.17, 15) is 18.4 Å². The first kappa shape index (κ1) is 20.0. The van der Waals surface area contributed by atoms with E-state index >= 15 is 0 Å². The van der Waals surface area contributed by atoms with Gasteiger partial charge in [0.1, 0.15) is 5.82 Å². The predicted octanol–water partition coefficient (Wildman–Crippen LogP) is 1.93. The highest BCUT2D eigenvalue weighted by Crippen LogP contribution is 2.55. The first-order chi connectivity index (χ1) is 14.9. The Morgan fingerprint density at radius 3 is 2.90 bits per heavy atom. The molecule has 1 aromatic heterocycles. The molecule has 0 unspecified atom stereocenters. The van der Waals surface area contributed by atoms with Gasteiger partial charge in [0.2, 0.25) is 11.8 Å². The van der Waals surface area contributed by atoms with Crippen LogP contribution in [0.15, 0.2) is 36.5 Å². The van der Waals surface area contributed by atoms with Crippen molar-refractivity contribution >= 4 is 17.6 Å². The van der Waals surface area contributed by atoms with E-state index in [-0.39, 0.29) is 29.3 Å². The molecule has 3 fully saturated rings. The molecule has 1 spiro atoms. The number of likely N-dealkylation sites (tertiary alicyclic amines) is 1. The standard InChI is InChI=1S/C22H22F2N4O3/c23-14-3-1-2-13(19(14)24)12-4-5-16(26-10-12)27-20(29)17-15-6-7-22(31-15)11-28(9-8-25)21(30)18(17)22/h1-5,10,15,17-18H,6-9,11,25H2,(H,26,27,29)/t15-,17-,18+,22-/m0/s1. The molecule has 2 aromatic rings. The number of nitrogens with one attached hydrogen (secondary N) is 1. The maximum atomic E-state index is 14.0. The van der Waals surface area contributed by atoms with Crippen LogP contribution in [-0.4, -0.2) is 53.0 Å². The fourth-order valence-corrected chi connectivity index (χ4v) is 5.25. The number of benzene rings is 1. The molecule has 3 aliphatic rings. The van der Waals surface area contributed by atoms with E-state index in [0.717, 1.165) is 18.9 Å². The van der Waals surface area contributed by atoms with Gasteiger partial charge in [-0.3, -0.25) is 9.59 Å². The summed E-state index contributed by atoms with van der Waals surface area (Å²) in [7, 11) is 0. The number of ether oxygens (including phenoxy) is 1. The third kappa shape index (κ3) is 3.11. The van der Waals surface area contributed by atoms with Crippen LogP contribution in [-0.2, 0) is 14.3 Å². The lowest BCUT2D eigenvalue weighted by Gasteiger charge is -2.26. The maximum Gasteiger partial charge on any atom is 0.232 e. The van der Waals surface area contributed by atoms with E-state index in [4.69, 9.17) is 10.5 Å². The number of amides is 2. The number of nitrogens with zero attached hydrogens (tertiary/aromatic N) is 2. The van der Waals surface area contributed by atoms with Crippen LogP contribution in [0, 0.1) is 23.5 Å². The fraction of sp³-hybridized carbons (Fsp3) is 0.409. The quantitative estimate of drug-likeness (QED) is 0.759. The third-order valence-electron chi connectivity index (χ3n) is 6.58. The highest BCUT2D eigenvalue weighted by Gasteiger charge is 2.68. The van der Waals surface area contributed by atoms with Crippen LogP contribution >= 0.6 is 0 Å². The number of hydrogen-bond donors (Lipinski definition) is 2. The Labute approximate surface area is 177 Å². The molecule has 0 radical (unpaired) electrons. The van der Waals surface area contributed by atoms with E-state index in [0.29, 0.717) is 25.2 Å². The number of aromatic nitrogens is 1. The van der Waals surface area contributed by atoms with E-state index < -0.39 is 29.1 Å². The van der Waals surface area contributed by atoms with Crippen molar-refractivity contribution in [2.45, 2.75) is 24.5 Å². The van der Waals surface area contributed by atoms with Gasteiger partial charge in [-0.2, -0.15) is 0 Å². The minimum Gasteiger partial charge on any atom is -0.368 e. The van der Waals surface area contributed by atoms with Crippen LogP contribution in [0.1, 0.15) is 12.8 Å². The molecule has 1 aromatic carbocycles. The van der Waals surface area contributed by atoms with Crippen molar-refractivity contribution in [3.63, 3.8) is 0 Å². The Bertz CT molecular complexity index is 1050. The Balaban J connectivity index is 1.34. The molecule has 4 heterocycles.